The Morgan fingerprint density at radius 3 is 2.56 bits per heavy atom. The third-order valence-electron chi connectivity index (χ3n) is 1.75. The zero-order valence-corrected chi connectivity index (χ0v) is 10.7. The van der Waals surface area contributed by atoms with Crippen LogP contribution in [-0.4, -0.2) is 22.9 Å². The van der Waals surface area contributed by atoms with Crippen molar-refractivity contribution in [1.29, 1.82) is 0 Å². The summed E-state index contributed by atoms with van der Waals surface area (Å²) in [5, 5.41) is 4.39. The van der Waals surface area contributed by atoms with Gasteiger partial charge in [-0.05, 0) is 18.2 Å². The SMILES string of the molecule is CNC(=O)Nc1ccc(Br)cc1P(=O)(O)O. The molecule has 16 heavy (non-hydrogen) atoms. The van der Waals surface area contributed by atoms with E-state index in [2.05, 4.69) is 26.6 Å². The molecule has 0 aliphatic carbocycles. The minimum absolute atomic E-state index is 0.0795. The van der Waals surface area contributed by atoms with Gasteiger partial charge in [0, 0.05) is 11.5 Å². The molecule has 0 aliphatic rings. The van der Waals surface area contributed by atoms with Crippen molar-refractivity contribution in [3.05, 3.63) is 22.7 Å². The molecule has 0 heterocycles. The molecule has 1 rings (SSSR count). The van der Waals surface area contributed by atoms with Gasteiger partial charge in [0.05, 0.1) is 11.0 Å². The number of halogens is 1. The molecule has 0 saturated heterocycles. The average Bonchev–Trinajstić information content (AvgIpc) is 2.19. The lowest BCUT2D eigenvalue weighted by Gasteiger charge is -2.12. The molecule has 8 heteroatoms. The van der Waals surface area contributed by atoms with Crippen LogP contribution in [0.15, 0.2) is 22.7 Å². The smallest absolute Gasteiger partial charge is 0.341 e. The average molecular weight is 309 g/mol. The first-order chi connectivity index (χ1) is 7.34. The molecule has 0 radical (unpaired) electrons. The largest absolute Gasteiger partial charge is 0.358 e. The molecule has 1 aromatic carbocycles. The molecule has 88 valence electrons. The second-order valence-electron chi connectivity index (χ2n) is 2.91. The highest BCUT2D eigenvalue weighted by Gasteiger charge is 2.22. The number of carbonyl (C=O) groups is 1. The number of anilines is 1. The van der Waals surface area contributed by atoms with Crippen LogP contribution in [0.1, 0.15) is 0 Å². The Balaban J connectivity index is 3.18. The molecular weight excluding hydrogens is 299 g/mol. The molecule has 1 aromatic rings. The van der Waals surface area contributed by atoms with Gasteiger partial charge < -0.3 is 20.4 Å². The van der Waals surface area contributed by atoms with Crippen molar-refractivity contribution >= 4 is 40.5 Å². The Morgan fingerprint density at radius 1 is 1.44 bits per heavy atom. The second kappa shape index (κ2) is 4.97. The molecular formula is C8H10BrN2O4P. The van der Waals surface area contributed by atoms with Crippen molar-refractivity contribution in [3.63, 3.8) is 0 Å². The van der Waals surface area contributed by atoms with Gasteiger partial charge >= 0.3 is 13.6 Å². The Morgan fingerprint density at radius 2 is 2.06 bits per heavy atom. The first-order valence-corrected chi connectivity index (χ1v) is 6.59. The van der Waals surface area contributed by atoms with Crippen molar-refractivity contribution in [3.8, 4) is 0 Å². The number of nitrogens with one attached hydrogen (secondary N) is 2. The number of benzene rings is 1. The summed E-state index contributed by atoms with van der Waals surface area (Å²) in [6, 6.07) is 3.71. The number of hydrogen-bond acceptors (Lipinski definition) is 2. The molecule has 0 aliphatic heterocycles. The third-order valence-corrected chi connectivity index (χ3v) is 3.24. The van der Waals surface area contributed by atoms with E-state index < -0.39 is 13.6 Å². The van der Waals surface area contributed by atoms with E-state index in [1.807, 2.05) is 0 Å². The van der Waals surface area contributed by atoms with E-state index in [0.29, 0.717) is 4.47 Å². The quantitative estimate of drug-likeness (QED) is 0.613. The minimum atomic E-state index is -4.42. The van der Waals surface area contributed by atoms with Crippen LogP contribution in [0.25, 0.3) is 0 Å². The maximum Gasteiger partial charge on any atom is 0.358 e. The Bertz CT molecular complexity index is 459. The van der Waals surface area contributed by atoms with Gasteiger partial charge in [-0.15, -0.1) is 0 Å². The fourth-order valence-electron chi connectivity index (χ4n) is 1.04. The highest BCUT2D eigenvalue weighted by molar-refractivity contribution is 9.10. The molecule has 0 unspecified atom stereocenters. The number of rotatable bonds is 2. The zero-order valence-electron chi connectivity index (χ0n) is 8.27. The Kier molecular flexibility index (Phi) is 4.09. The highest BCUT2D eigenvalue weighted by Crippen LogP contribution is 2.37. The van der Waals surface area contributed by atoms with Gasteiger partial charge in [-0.1, -0.05) is 15.9 Å². The predicted molar refractivity (Wildman–Crippen MR) is 63.9 cm³/mol. The number of carbonyl (C=O) groups excluding carboxylic acids is 1. The van der Waals surface area contributed by atoms with Crippen LogP contribution < -0.4 is 15.9 Å². The summed E-state index contributed by atoms with van der Waals surface area (Å²) in [5.41, 5.74) is 0.0795. The second-order valence-corrected chi connectivity index (χ2v) is 5.40. The highest BCUT2D eigenvalue weighted by atomic mass is 79.9. The summed E-state index contributed by atoms with van der Waals surface area (Å²) >= 11 is 3.10. The first-order valence-electron chi connectivity index (χ1n) is 4.19. The third kappa shape index (κ3) is 3.31. The Labute approximate surface area is 100 Å². The van der Waals surface area contributed by atoms with Gasteiger partial charge in [0.1, 0.15) is 0 Å². The van der Waals surface area contributed by atoms with Crippen molar-refractivity contribution in [2.75, 3.05) is 12.4 Å². The fraction of sp³-hybridized carbons (Fsp3) is 0.125. The van der Waals surface area contributed by atoms with E-state index in [1.165, 1.54) is 19.2 Å². The number of hydrogen-bond donors (Lipinski definition) is 4. The van der Waals surface area contributed by atoms with Crippen LogP contribution in [-0.2, 0) is 4.57 Å². The normalized spacial score (nSPS) is 11.0. The van der Waals surface area contributed by atoms with E-state index in [0.717, 1.165) is 0 Å². The first kappa shape index (κ1) is 13.2. The van der Waals surface area contributed by atoms with Crippen molar-refractivity contribution in [2.45, 2.75) is 0 Å². The van der Waals surface area contributed by atoms with Crippen LogP contribution in [0.3, 0.4) is 0 Å². The topological polar surface area (TPSA) is 98.7 Å². The van der Waals surface area contributed by atoms with Gasteiger partial charge in [-0.3, -0.25) is 4.57 Å². The summed E-state index contributed by atoms with van der Waals surface area (Å²) in [5.74, 6) is 0. The van der Waals surface area contributed by atoms with Gasteiger partial charge in [0.25, 0.3) is 0 Å². The van der Waals surface area contributed by atoms with Crippen molar-refractivity contribution < 1.29 is 19.1 Å². The van der Waals surface area contributed by atoms with Crippen LogP contribution in [0.2, 0.25) is 0 Å². The fourth-order valence-corrected chi connectivity index (χ4v) is 2.33. The van der Waals surface area contributed by atoms with Crippen LogP contribution in [0.4, 0.5) is 10.5 Å². The lowest BCUT2D eigenvalue weighted by Crippen LogP contribution is -2.27. The molecule has 4 N–H and O–H groups in total. The predicted octanol–water partition coefficient (Wildman–Crippen LogP) is 1.00. The maximum absolute atomic E-state index is 11.2. The number of urea groups is 1. The van der Waals surface area contributed by atoms with Crippen LogP contribution >= 0.6 is 23.5 Å². The van der Waals surface area contributed by atoms with E-state index in [-0.39, 0.29) is 11.0 Å². The maximum atomic E-state index is 11.2. The standard InChI is InChI=1S/C8H10BrN2O4P/c1-10-8(12)11-6-3-2-5(9)4-7(6)16(13,14)15/h2-4H,1H3,(H2,10,11,12)(H2,13,14,15). The summed E-state index contributed by atoms with van der Waals surface area (Å²) in [4.78, 5) is 29.3. The monoisotopic (exact) mass is 308 g/mol. The summed E-state index contributed by atoms with van der Waals surface area (Å²) in [7, 11) is -3.01. The molecule has 0 aromatic heterocycles. The van der Waals surface area contributed by atoms with Gasteiger partial charge in [0.2, 0.25) is 0 Å². The lowest BCUT2D eigenvalue weighted by atomic mass is 10.3. The molecule has 6 nitrogen and oxygen atoms in total. The molecule has 0 fully saturated rings. The molecule has 0 bridgehead atoms. The van der Waals surface area contributed by atoms with E-state index in [1.54, 1.807) is 6.07 Å². The van der Waals surface area contributed by atoms with E-state index in [4.69, 9.17) is 9.79 Å². The van der Waals surface area contributed by atoms with Gasteiger partial charge in [-0.25, -0.2) is 4.79 Å². The molecule has 0 saturated carbocycles. The molecule has 0 spiro atoms. The van der Waals surface area contributed by atoms with Gasteiger partial charge in [-0.2, -0.15) is 0 Å². The summed E-state index contributed by atoms with van der Waals surface area (Å²) < 4.78 is 11.7. The molecule has 0 atom stereocenters. The minimum Gasteiger partial charge on any atom is -0.341 e. The van der Waals surface area contributed by atoms with E-state index >= 15 is 0 Å². The summed E-state index contributed by atoms with van der Waals surface area (Å²) in [6.07, 6.45) is 0. The summed E-state index contributed by atoms with van der Waals surface area (Å²) in [6.45, 7) is 0. The van der Waals surface area contributed by atoms with Crippen molar-refractivity contribution in [2.24, 2.45) is 0 Å². The zero-order chi connectivity index (χ0) is 12.3. The molecule has 2 amide bonds. The lowest BCUT2D eigenvalue weighted by molar-refractivity contribution is 0.254. The van der Waals surface area contributed by atoms with E-state index in [9.17, 15) is 9.36 Å². The van der Waals surface area contributed by atoms with Crippen molar-refractivity contribution in [1.82, 2.24) is 5.32 Å². The number of amides is 2. The Hall–Kier alpha value is -0.880. The van der Waals surface area contributed by atoms with Gasteiger partial charge in [0.15, 0.2) is 0 Å². The van der Waals surface area contributed by atoms with Crippen LogP contribution in [0, 0.1) is 0 Å². The van der Waals surface area contributed by atoms with Crippen LogP contribution in [0.5, 0.6) is 0 Å².